The van der Waals surface area contributed by atoms with Gasteiger partial charge in [0.1, 0.15) is 0 Å². The lowest BCUT2D eigenvalue weighted by Crippen LogP contribution is -2.62. The van der Waals surface area contributed by atoms with Crippen LogP contribution in [0.5, 0.6) is 0 Å². The lowest BCUT2D eigenvalue weighted by Gasteiger charge is -2.63. The van der Waals surface area contributed by atoms with Crippen molar-refractivity contribution in [2.24, 2.45) is 46.3 Å². The maximum atomic E-state index is 11.8. The summed E-state index contributed by atoms with van der Waals surface area (Å²) in [5, 5.41) is 33.7. The molecule has 3 N–H and O–H groups in total. The van der Waals surface area contributed by atoms with Gasteiger partial charge in [-0.1, -0.05) is 51.1 Å². The number of ether oxygens (including phenoxy) is 2. The average molecular weight is 527 g/mol. The van der Waals surface area contributed by atoms with Crippen LogP contribution in [-0.4, -0.2) is 46.3 Å². The standard InChI is InChI=1S/C33H50O5/c1-20(9-10-24-14-16-37-31(38-24)21-7-5-4-6-8-21)25-11-12-26-30-27(19-29(36)33(25,26)3)32(2)15-13-23(34)17-22(32)18-28(30)35/h4-8,20,22-31,34-36H,9-19H2,1-3H3/t20-,22+,23-,24+,25-,26+,27+,28-,29+,30+,31+,32+,33-/m1/s1. The Labute approximate surface area is 229 Å². The van der Waals surface area contributed by atoms with E-state index < -0.39 is 0 Å². The Morgan fingerprint density at radius 1 is 0.947 bits per heavy atom. The van der Waals surface area contributed by atoms with E-state index in [0.29, 0.717) is 29.6 Å². The van der Waals surface area contributed by atoms with E-state index in [2.05, 4.69) is 32.9 Å². The van der Waals surface area contributed by atoms with Gasteiger partial charge in [-0.05, 0) is 111 Å². The van der Waals surface area contributed by atoms with Gasteiger partial charge >= 0.3 is 0 Å². The number of aliphatic hydroxyl groups excluding tert-OH is 3. The number of benzene rings is 1. The third-order valence-corrected chi connectivity index (χ3v) is 12.6. The van der Waals surface area contributed by atoms with Gasteiger partial charge in [-0.15, -0.1) is 0 Å². The van der Waals surface area contributed by atoms with Crippen LogP contribution in [-0.2, 0) is 9.47 Å². The molecule has 1 saturated heterocycles. The van der Waals surface area contributed by atoms with Gasteiger partial charge < -0.3 is 24.8 Å². The average Bonchev–Trinajstić information content (AvgIpc) is 3.28. The smallest absolute Gasteiger partial charge is 0.184 e. The third kappa shape index (κ3) is 4.49. The molecule has 0 spiro atoms. The summed E-state index contributed by atoms with van der Waals surface area (Å²) in [7, 11) is 0. The van der Waals surface area contributed by atoms with Crippen molar-refractivity contribution in [1.29, 1.82) is 0 Å². The fraction of sp³-hybridized carbons (Fsp3) is 0.818. The van der Waals surface area contributed by atoms with E-state index in [1.165, 1.54) is 0 Å². The van der Waals surface area contributed by atoms with Crippen LogP contribution < -0.4 is 0 Å². The molecule has 4 saturated carbocycles. The molecule has 5 nitrogen and oxygen atoms in total. The second-order valence-electron chi connectivity index (χ2n) is 14.2. The molecule has 5 heteroatoms. The SMILES string of the molecule is C[C@H](CC[C@H]1CCO[C@H](c2ccccc2)O1)[C@H]1CC[C@H]2[C@@H]3[C@H](O)C[C@@H]4C[C@H](O)CC[C@]4(C)[C@H]3C[C@H](O)[C@]12C. The van der Waals surface area contributed by atoms with Crippen molar-refractivity contribution in [3.8, 4) is 0 Å². The summed E-state index contributed by atoms with van der Waals surface area (Å²) in [6.45, 7) is 7.89. The normalized spacial score (nSPS) is 49.5. The summed E-state index contributed by atoms with van der Waals surface area (Å²) in [5.74, 6) is 2.37. The molecule has 6 rings (SSSR count). The van der Waals surface area contributed by atoms with Crippen molar-refractivity contribution in [3.05, 3.63) is 35.9 Å². The van der Waals surface area contributed by atoms with Crippen LogP contribution in [0.15, 0.2) is 30.3 Å². The predicted molar refractivity (Wildman–Crippen MR) is 147 cm³/mol. The highest BCUT2D eigenvalue weighted by Crippen LogP contribution is 2.68. The van der Waals surface area contributed by atoms with Gasteiger partial charge in [-0.25, -0.2) is 0 Å². The van der Waals surface area contributed by atoms with Gasteiger partial charge in [0.05, 0.1) is 31.0 Å². The van der Waals surface area contributed by atoms with E-state index in [1.807, 2.05) is 18.2 Å². The first-order chi connectivity index (χ1) is 18.2. The molecule has 1 aliphatic heterocycles. The minimum absolute atomic E-state index is 0.130. The molecule has 5 fully saturated rings. The van der Waals surface area contributed by atoms with Gasteiger partial charge in [-0.3, -0.25) is 0 Å². The third-order valence-electron chi connectivity index (χ3n) is 12.6. The molecule has 0 radical (unpaired) electrons. The van der Waals surface area contributed by atoms with Gasteiger partial charge in [-0.2, -0.15) is 0 Å². The summed E-state index contributed by atoms with van der Waals surface area (Å²) < 4.78 is 12.3. The summed E-state index contributed by atoms with van der Waals surface area (Å²) in [6.07, 6.45) is 8.75. The van der Waals surface area contributed by atoms with E-state index in [1.54, 1.807) is 0 Å². The predicted octanol–water partition coefficient (Wildman–Crippen LogP) is 5.87. The zero-order valence-corrected chi connectivity index (χ0v) is 23.7. The number of aliphatic hydroxyl groups is 3. The maximum Gasteiger partial charge on any atom is 0.184 e. The van der Waals surface area contributed by atoms with Crippen LogP contribution >= 0.6 is 0 Å². The molecule has 0 amide bonds. The first kappa shape index (κ1) is 27.2. The fourth-order valence-corrected chi connectivity index (χ4v) is 10.4. The first-order valence-corrected chi connectivity index (χ1v) is 15.6. The van der Waals surface area contributed by atoms with Crippen LogP contribution in [0.4, 0.5) is 0 Å². The lowest BCUT2D eigenvalue weighted by atomic mass is 9.43. The molecule has 38 heavy (non-hydrogen) atoms. The highest BCUT2D eigenvalue weighted by Gasteiger charge is 2.65. The summed E-state index contributed by atoms with van der Waals surface area (Å²) in [5.41, 5.74) is 1.08. The minimum atomic E-state index is -0.319. The van der Waals surface area contributed by atoms with Crippen molar-refractivity contribution in [2.75, 3.05) is 6.61 Å². The zero-order chi connectivity index (χ0) is 26.7. The Morgan fingerprint density at radius 3 is 2.53 bits per heavy atom. The van der Waals surface area contributed by atoms with Gasteiger partial charge in [0.15, 0.2) is 6.29 Å². The lowest BCUT2D eigenvalue weighted by molar-refractivity contribution is -0.220. The molecule has 1 aromatic rings. The highest BCUT2D eigenvalue weighted by molar-refractivity contribution is 5.17. The molecule has 1 heterocycles. The van der Waals surface area contributed by atoms with Gasteiger partial charge in [0.25, 0.3) is 0 Å². The van der Waals surface area contributed by atoms with Crippen molar-refractivity contribution >= 4 is 0 Å². The topological polar surface area (TPSA) is 79.2 Å². The van der Waals surface area contributed by atoms with Gasteiger partial charge in [0.2, 0.25) is 0 Å². The van der Waals surface area contributed by atoms with E-state index in [0.717, 1.165) is 76.4 Å². The van der Waals surface area contributed by atoms with Crippen molar-refractivity contribution in [2.45, 2.75) is 116 Å². The van der Waals surface area contributed by atoms with Gasteiger partial charge in [0, 0.05) is 5.56 Å². The molecule has 212 valence electrons. The summed E-state index contributed by atoms with van der Waals surface area (Å²) in [6, 6.07) is 10.2. The molecule has 0 bridgehead atoms. The first-order valence-electron chi connectivity index (χ1n) is 15.6. The van der Waals surface area contributed by atoms with Crippen molar-refractivity contribution < 1.29 is 24.8 Å². The molecular weight excluding hydrogens is 476 g/mol. The Kier molecular flexibility index (Phi) is 7.48. The van der Waals surface area contributed by atoms with E-state index in [9.17, 15) is 15.3 Å². The Morgan fingerprint density at radius 2 is 1.74 bits per heavy atom. The molecule has 5 aliphatic rings. The molecule has 0 aromatic heterocycles. The number of fused-ring (bicyclic) bond motifs is 5. The summed E-state index contributed by atoms with van der Waals surface area (Å²) in [4.78, 5) is 0. The Bertz CT molecular complexity index is 954. The van der Waals surface area contributed by atoms with Crippen LogP contribution in [0.3, 0.4) is 0 Å². The number of hydrogen-bond donors (Lipinski definition) is 3. The minimum Gasteiger partial charge on any atom is -0.393 e. The largest absolute Gasteiger partial charge is 0.393 e. The van der Waals surface area contributed by atoms with Crippen molar-refractivity contribution in [3.63, 3.8) is 0 Å². The number of rotatable bonds is 5. The van der Waals surface area contributed by atoms with E-state index in [4.69, 9.17) is 9.47 Å². The second-order valence-corrected chi connectivity index (χ2v) is 14.2. The van der Waals surface area contributed by atoms with Crippen LogP contribution in [0.2, 0.25) is 0 Å². The van der Waals surface area contributed by atoms with Crippen LogP contribution in [0, 0.1) is 46.3 Å². The van der Waals surface area contributed by atoms with Crippen LogP contribution in [0.1, 0.15) is 96.8 Å². The van der Waals surface area contributed by atoms with Crippen LogP contribution in [0.25, 0.3) is 0 Å². The summed E-state index contributed by atoms with van der Waals surface area (Å²) >= 11 is 0. The maximum absolute atomic E-state index is 11.8. The van der Waals surface area contributed by atoms with E-state index in [-0.39, 0.29) is 47.5 Å². The Balaban J connectivity index is 1.13. The second kappa shape index (κ2) is 10.4. The fourth-order valence-electron chi connectivity index (χ4n) is 10.4. The molecule has 0 unspecified atom stereocenters. The molecular formula is C33H50O5. The Hall–Kier alpha value is -0.980. The molecule has 13 atom stereocenters. The molecule has 4 aliphatic carbocycles. The van der Waals surface area contributed by atoms with E-state index >= 15 is 0 Å². The molecule has 1 aromatic carbocycles. The monoisotopic (exact) mass is 526 g/mol. The highest BCUT2D eigenvalue weighted by atomic mass is 16.7. The van der Waals surface area contributed by atoms with Crippen molar-refractivity contribution in [1.82, 2.24) is 0 Å². The zero-order valence-electron chi connectivity index (χ0n) is 23.7. The quantitative estimate of drug-likeness (QED) is 0.447. The number of hydrogen-bond acceptors (Lipinski definition) is 5.